The van der Waals surface area contributed by atoms with Gasteiger partial charge in [0.15, 0.2) is 0 Å². The number of ether oxygens (including phenoxy) is 2. The van der Waals surface area contributed by atoms with Gasteiger partial charge in [-0.25, -0.2) is 0 Å². The molecule has 1 N–H and O–H groups in total. The highest BCUT2D eigenvalue weighted by molar-refractivity contribution is 8.03. The monoisotopic (exact) mass is 374 g/mol. The van der Waals surface area contributed by atoms with Crippen LogP contribution >= 0.6 is 11.8 Å². The number of carbonyl (C=O) groups is 3. The van der Waals surface area contributed by atoms with Crippen molar-refractivity contribution in [2.75, 3.05) is 19.5 Å². The third-order valence-electron chi connectivity index (χ3n) is 3.78. The molecular formula is C18H18N2O5S. The molecule has 0 saturated carbocycles. The lowest BCUT2D eigenvalue weighted by Crippen LogP contribution is -2.44. The molecule has 0 aromatic heterocycles. The summed E-state index contributed by atoms with van der Waals surface area (Å²) < 4.78 is 9.62. The van der Waals surface area contributed by atoms with E-state index in [1.165, 1.54) is 7.11 Å². The molecule has 1 aliphatic rings. The van der Waals surface area contributed by atoms with Gasteiger partial charge in [-0.15, -0.1) is 0 Å². The second-order valence-electron chi connectivity index (χ2n) is 5.33. The zero-order valence-corrected chi connectivity index (χ0v) is 15.2. The van der Waals surface area contributed by atoms with E-state index in [-0.39, 0.29) is 23.0 Å². The van der Waals surface area contributed by atoms with Crippen molar-refractivity contribution >= 4 is 29.6 Å². The molecular weight excluding hydrogens is 356 g/mol. The van der Waals surface area contributed by atoms with Crippen LogP contribution in [0, 0.1) is 17.2 Å². The Kier molecular flexibility index (Phi) is 6.81. The molecule has 26 heavy (non-hydrogen) atoms. The number of amides is 1. The number of nitrogens with one attached hydrogen (secondary N) is 1. The fraction of sp³-hybridized carbons (Fsp3) is 0.333. The Morgan fingerprint density at radius 3 is 2.58 bits per heavy atom. The van der Waals surface area contributed by atoms with Gasteiger partial charge in [-0.2, -0.15) is 5.26 Å². The lowest BCUT2D eigenvalue weighted by atomic mass is 9.78. The van der Waals surface area contributed by atoms with Gasteiger partial charge in [0.05, 0.1) is 36.1 Å². The van der Waals surface area contributed by atoms with Gasteiger partial charge in [0.1, 0.15) is 5.92 Å². The van der Waals surface area contributed by atoms with Gasteiger partial charge in [0.25, 0.3) is 0 Å². The maximum absolute atomic E-state index is 12.5. The summed E-state index contributed by atoms with van der Waals surface area (Å²) in [4.78, 5) is 36.3. The van der Waals surface area contributed by atoms with Crippen molar-refractivity contribution in [3.05, 3.63) is 46.5 Å². The third kappa shape index (κ3) is 4.24. The Bertz CT molecular complexity index is 770. The highest BCUT2D eigenvalue weighted by atomic mass is 32.2. The number of carbonyl (C=O) groups excluding carboxylic acids is 3. The number of nitrogens with zero attached hydrogens (tertiary/aromatic N) is 1. The predicted molar refractivity (Wildman–Crippen MR) is 94.6 cm³/mol. The van der Waals surface area contributed by atoms with E-state index < -0.39 is 29.7 Å². The average Bonchev–Trinajstić information content (AvgIpc) is 2.66. The van der Waals surface area contributed by atoms with Gasteiger partial charge >= 0.3 is 11.9 Å². The van der Waals surface area contributed by atoms with Crippen LogP contribution < -0.4 is 5.32 Å². The van der Waals surface area contributed by atoms with Crippen molar-refractivity contribution in [3.63, 3.8) is 0 Å². The SMILES string of the molecule is CCOC(=O)CSC1=C(C#N)[C@@H](c2ccccc2)[C@@H](C(=O)OC)C(=O)N1. The molecule has 0 spiro atoms. The minimum atomic E-state index is -1.18. The van der Waals surface area contributed by atoms with E-state index >= 15 is 0 Å². The molecule has 0 radical (unpaired) electrons. The second-order valence-corrected chi connectivity index (χ2v) is 6.31. The van der Waals surface area contributed by atoms with Crippen LogP contribution in [-0.2, 0) is 23.9 Å². The van der Waals surface area contributed by atoms with Gasteiger partial charge in [0, 0.05) is 5.92 Å². The van der Waals surface area contributed by atoms with E-state index in [4.69, 9.17) is 9.47 Å². The summed E-state index contributed by atoms with van der Waals surface area (Å²) in [7, 11) is 1.19. The van der Waals surface area contributed by atoms with Crippen molar-refractivity contribution in [2.45, 2.75) is 12.8 Å². The molecule has 1 heterocycles. The molecule has 0 aliphatic carbocycles. The van der Waals surface area contributed by atoms with E-state index in [2.05, 4.69) is 11.4 Å². The smallest absolute Gasteiger partial charge is 0.319 e. The van der Waals surface area contributed by atoms with E-state index in [1.54, 1.807) is 37.3 Å². The standard InChI is InChI=1S/C18H18N2O5S/c1-3-25-13(21)10-26-17-12(9-19)14(11-7-5-4-6-8-11)15(16(22)20-17)18(23)24-2/h4-8,14-15H,3,10H2,1-2H3,(H,20,22)/t14-,15-/m1/s1. The summed E-state index contributed by atoms with van der Waals surface area (Å²) >= 11 is 1.00. The van der Waals surface area contributed by atoms with Gasteiger partial charge in [0.2, 0.25) is 5.91 Å². The largest absolute Gasteiger partial charge is 0.468 e. The zero-order chi connectivity index (χ0) is 19.1. The maximum Gasteiger partial charge on any atom is 0.319 e. The number of allylic oxidation sites excluding steroid dienone is 1. The average molecular weight is 374 g/mol. The Hall–Kier alpha value is -2.79. The first-order chi connectivity index (χ1) is 12.5. The van der Waals surface area contributed by atoms with Crippen molar-refractivity contribution in [2.24, 2.45) is 5.92 Å². The molecule has 0 bridgehead atoms. The van der Waals surface area contributed by atoms with Crippen LogP contribution in [-0.4, -0.2) is 37.3 Å². The molecule has 1 aromatic carbocycles. The number of hydrogen-bond donors (Lipinski definition) is 1. The van der Waals surface area contributed by atoms with Crippen LogP contribution in [0.1, 0.15) is 18.4 Å². The van der Waals surface area contributed by atoms with Crippen molar-refractivity contribution in [3.8, 4) is 6.07 Å². The van der Waals surface area contributed by atoms with E-state index in [1.807, 2.05) is 0 Å². The molecule has 0 fully saturated rings. The van der Waals surface area contributed by atoms with E-state index in [0.717, 1.165) is 11.8 Å². The van der Waals surface area contributed by atoms with Crippen molar-refractivity contribution in [1.29, 1.82) is 5.26 Å². The van der Waals surface area contributed by atoms with Crippen molar-refractivity contribution in [1.82, 2.24) is 5.32 Å². The number of esters is 2. The van der Waals surface area contributed by atoms with Crippen LogP contribution in [0.15, 0.2) is 40.9 Å². The highest BCUT2D eigenvalue weighted by Gasteiger charge is 2.44. The maximum atomic E-state index is 12.5. The molecule has 8 heteroatoms. The molecule has 1 amide bonds. The molecule has 7 nitrogen and oxygen atoms in total. The van der Waals surface area contributed by atoms with E-state index in [0.29, 0.717) is 5.56 Å². The predicted octanol–water partition coefficient (Wildman–Crippen LogP) is 1.72. The van der Waals surface area contributed by atoms with Gasteiger partial charge in [-0.3, -0.25) is 14.4 Å². The number of nitriles is 1. The fourth-order valence-corrected chi connectivity index (χ4v) is 3.52. The van der Waals surface area contributed by atoms with E-state index in [9.17, 15) is 19.6 Å². The molecule has 2 rings (SSSR count). The zero-order valence-electron chi connectivity index (χ0n) is 14.4. The van der Waals surface area contributed by atoms with Crippen LogP contribution in [0.5, 0.6) is 0 Å². The summed E-state index contributed by atoms with van der Waals surface area (Å²) in [5, 5.41) is 12.5. The van der Waals surface area contributed by atoms with Crippen LogP contribution in [0.2, 0.25) is 0 Å². The highest BCUT2D eigenvalue weighted by Crippen LogP contribution is 2.39. The summed E-state index contributed by atoms with van der Waals surface area (Å²) in [5.74, 6) is -3.77. The number of thioether (sulfide) groups is 1. The Morgan fingerprint density at radius 1 is 1.31 bits per heavy atom. The first-order valence-corrected chi connectivity index (χ1v) is 8.88. The van der Waals surface area contributed by atoms with Crippen molar-refractivity contribution < 1.29 is 23.9 Å². The minimum Gasteiger partial charge on any atom is -0.468 e. The third-order valence-corrected chi connectivity index (χ3v) is 4.77. The summed E-state index contributed by atoms with van der Waals surface area (Å²) in [6.45, 7) is 1.93. The lowest BCUT2D eigenvalue weighted by Gasteiger charge is -2.30. The molecule has 0 saturated heterocycles. The minimum absolute atomic E-state index is 0.0565. The van der Waals surface area contributed by atoms with Gasteiger partial charge < -0.3 is 14.8 Å². The van der Waals surface area contributed by atoms with Crippen LogP contribution in [0.3, 0.4) is 0 Å². The lowest BCUT2D eigenvalue weighted by molar-refractivity contribution is -0.150. The normalized spacial score (nSPS) is 19.3. The molecule has 1 aliphatic heterocycles. The molecule has 136 valence electrons. The summed E-state index contributed by atoms with van der Waals surface area (Å²) in [6, 6.07) is 10.9. The number of rotatable bonds is 6. The fourth-order valence-electron chi connectivity index (χ4n) is 2.67. The van der Waals surface area contributed by atoms with Crippen LogP contribution in [0.4, 0.5) is 0 Å². The Morgan fingerprint density at radius 2 is 2.00 bits per heavy atom. The number of hydrogen-bond acceptors (Lipinski definition) is 7. The topological polar surface area (TPSA) is 105 Å². The van der Waals surface area contributed by atoms with Crippen LogP contribution in [0.25, 0.3) is 0 Å². The first-order valence-electron chi connectivity index (χ1n) is 7.89. The molecule has 0 unspecified atom stereocenters. The summed E-state index contributed by atoms with van der Waals surface area (Å²) in [6.07, 6.45) is 0. The number of benzene rings is 1. The quantitative estimate of drug-likeness (QED) is 0.597. The first kappa shape index (κ1) is 19.5. The number of methoxy groups -OCH3 is 1. The second kappa shape index (κ2) is 9.06. The molecule has 2 atom stereocenters. The summed E-state index contributed by atoms with van der Waals surface area (Å²) in [5.41, 5.74) is 0.851. The Balaban J connectivity index is 2.45. The van der Waals surface area contributed by atoms with Gasteiger partial charge in [-0.1, -0.05) is 42.1 Å². The van der Waals surface area contributed by atoms with Gasteiger partial charge in [-0.05, 0) is 12.5 Å². The Labute approximate surface area is 155 Å². The molecule has 1 aromatic rings.